The first-order chi connectivity index (χ1) is 6.59. The van der Waals surface area contributed by atoms with Crippen LogP contribution in [0.15, 0.2) is 12.4 Å². The van der Waals surface area contributed by atoms with E-state index in [0.717, 1.165) is 0 Å². The molecule has 1 aromatic rings. The second kappa shape index (κ2) is 4.40. The minimum Gasteiger partial charge on any atom is -0.481 e. The standard InChI is InChI=1S/C8H10N2O4/c1-5(7(12)13)4-6(11)14-8-9-2-3-10-8/h2-3,5H,4H2,1H3,(H,9,10)(H,12,13). The van der Waals surface area contributed by atoms with E-state index in [1.54, 1.807) is 0 Å². The zero-order valence-electron chi connectivity index (χ0n) is 7.56. The van der Waals surface area contributed by atoms with Gasteiger partial charge in [0.25, 0.3) is 0 Å². The van der Waals surface area contributed by atoms with Crippen LogP contribution in [0.2, 0.25) is 0 Å². The maximum Gasteiger partial charge on any atom is 0.314 e. The maximum atomic E-state index is 11.1. The predicted molar refractivity (Wildman–Crippen MR) is 45.6 cm³/mol. The average molecular weight is 198 g/mol. The Morgan fingerprint density at radius 3 is 2.93 bits per heavy atom. The molecule has 1 unspecified atom stereocenters. The Morgan fingerprint density at radius 2 is 2.43 bits per heavy atom. The second-order valence-electron chi connectivity index (χ2n) is 2.81. The van der Waals surface area contributed by atoms with E-state index in [4.69, 9.17) is 9.84 Å². The Hall–Kier alpha value is -1.85. The largest absolute Gasteiger partial charge is 0.481 e. The van der Waals surface area contributed by atoms with Crippen LogP contribution in [0.4, 0.5) is 0 Å². The lowest BCUT2D eigenvalue weighted by atomic mass is 10.1. The summed E-state index contributed by atoms with van der Waals surface area (Å²) in [6.45, 7) is 1.44. The zero-order valence-corrected chi connectivity index (χ0v) is 7.56. The molecule has 0 amide bonds. The van der Waals surface area contributed by atoms with Gasteiger partial charge in [0.1, 0.15) is 0 Å². The molecule has 0 fully saturated rings. The molecule has 0 aliphatic rings. The van der Waals surface area contributed by atoms with Crippen LogP contribution >= 0.6 is 0 Å². The Kier molecular flexibility index (Phi) is 3.22. The van der Waals surface area contributed by atoms with Gasteiger partial charge in [0.15, 0.2) is 0 Å². The van der Waals surface area contributed by atoms with E-state index >= 15 is 0 Å². The molecule has 0 aliphatic carbocycles. The number of carboxylic acid groups (broad SMARTS) is 1. The van der Waals surface area contributed by atoms with Gasteiger partial charge in [-0.15, -0.1) is 0 Å². The molecule has 0 aliphatic heterocycles. The van der Waals surface area contributed by atoms with E-state index in [0.29, 0.717) is 0 Å². The second-order valence-corrected chi connectivity index (χ2v) is 2.81. The van der Waals surface area contributed by atoms with Crippen molar-refractivity contribution < 1.29 is 19.4 Å². The molecule has 6 heteroatoms. The highest BCUT2D eigenvalue weighted by Gasteiger charge is 2.17. The van der Waals surface area contributed by atoms with Crippen molar-refractivity contribution in [3.05, 3.63) is 12.4 Å². The quantitative estimate of drug-likeness (QED) is 0.684. The number of H-pyrrole nitrogens is 1. The number of carbonyl (C=O) groups is 2. The molecule has 0 saturated carbocycles. The first-order valence-electron chi connectivity index (χ1n) is 4.02. The number of aromatic nitrogens is 2. The normalized spacial score (nSPS) is 12.1. The Labute approximate surface area is 79.9 Å². The molecular formula is C8H10N2O4. The van der Waals surface area contributed by atoms with Crippen molar-refractivity contribution >= 4 is 11.9 Å². The summed E-state index contributed by atoms with van der Waals surface area (Å²) in [6.07, 6.45) is 2.77. The lowest BCUT2D eigenvalue weighted by Crippen LogP contribution is -2.18. The molecule has 1 heterocycles. The molecule has 76 valence electrons. The summed E-state index contributed by atoms with van der Waals surface area (Å²) in [4.78, 5) is 27.7. The van der Waals surface area contributed by atoms with Crippen molar-refractivity contribution in [2.75, 3.05) is 0 Å². The number of aromatic amines is 1. The minimum atomic E-state index is -1.03. The Bertz CT molecular complexity index is 320. The fourth-order valence-electron chi connectivity index (χ4n) is 0.793. The summed E-state index contributed by atoms with van der Waals surface area (Å²) < 4.78 is 4.71. The number of esters is 1. The number of nitrogens with zero attached hydrogens (tertiary/aromatic N) is 1. The first kappa shape index (κ1) is 10.2. The molecule has 1 aromatic heterocycles. The van der Waals surface area contributed by atoms with Gasteiger partial charge in [-0.2, -0.15) is 0 Å². The summed E-state index contributed by atoms with van der Waals surface area (Å²) in [7, 11) is 0. The number of carboxylic acids is 1. The number of nitrogens with one attached hydrogen (secondary N) is 1. The van der Waals surface area contributed by atoms with Crippen LogP contribution in [-0.4, -0.2) is 27.0 Å². The number of rotatable bonds is 4. The third-order valence-corrected chi connectivity index (χ3v) is 1.58. The van der Waals surface area contributed by atoms with E-state index < -0.39 is 17.9 Å². The van der Waals surface area contributed by atoms with Crippen LogP contribution in [-0.2, 0) is 9.59 Å². The number of carbonyl (C=O) groups excluding carboxylic acids is 1. The van der Waals surface area contributed by atoms with Crippen molar-refractivity contribution in [3.63, 3.8) is 0 Å². The van der Waals surface area contributed by atoms with Crippen LogP contribution in [0.1, 0.15) is 13.3 Å². The van der Waals surface area contributed by atoms with Gasteiger partial charge in [-0.25, -0.2) is 4.98 Å². The molecule has 2 N–H and O–H groups in total. The fourth-order valence-corrected chi connectivity index (χ4v) is 0.793. The lowest BCUT2D eigenvalue weighted by Gasteiger charge is -2.03. The van der Waals surface area contributed by atoms with Gasteiger partial charge in [-0.3, -0.25) is 9.59 Å². The van der Waals surface area contributed by atoms with Crippen LogP contribution in [0.5, 0.6) is 6.01 Å². The molecule has 0 spiro atoms. The molecule has 0 bridgehead atoms. The van der Waals surface area contributed by atoms with E-state index in [-0.39, 0.29) is 12.4 Å². The van der Waals surface area contributed by atoms with Crippen molar-refractivity contribution in [2.24, 2.45) is 5.92 Å². The van der Waals surface area contributed by atoms with E-state index in [9.17, 15) is 9.59 Å². The van der Waals surface area contributed by atoms with E-state index in [1.165, 1.54) is 19.3 Å². The summed E-state index contributed by atoms with van der Waals surface area (Å²) >= 11 is 0. The molecule has 14 heavy (non-hydrogen) atoms. The number of imidazole rings is 1. The SMILES string of the molecule is CC(CC(=O)Oc1ncc[nH]1)C(=O)O. The minimum absolute atomic E-state index is 0.0765. The highest BCUT2D eigenvalue weighted by atomic mass is 16.5. The number of ether oxygens (including phenoxy) is 1. The number of hydrogen-bond acceptors (Lipinski definition) is 4. The van der Waals surface area contributed by atoms with Crippen molar-refractivity contribution in [2.45, 2.75) is 13.3 Å². The highest BCUT2D eigenvalue weighted by Crippen LogP contribution is 2.06. The fraction of sp³-hybridized carbons (Fsp3) is 0.375. The van der Waals surface area contributed by atoms with E-state index in [1.807, 2.05) is 0 Å². The van der Waals surface area contributed by atoms with Gasteiger partial charge in [-0.1, -0.05) is 6.92 Å². The molecule has 1 rings (SSSR count). The van der Waals surface area contributed by atoms with Crippen molar-refractivity contribution in [1.82, 2.24) is 9.97 Å². The van der Waals surface area contributed by atoms with Crippen LogP contribution in [0.25, 0.3) is 0 Å². The Morgan fingerprint density at radius 1 is 1.71 bits per heavy atom. The van der Waals surface area contributed by atoms with Gasteiger partial charge in [-0.05, 0) is 0 Å². The van der Waals surface area contributed by atoms with Gasteiger partial charge in [0.2, 0.25) is 0 Å². The topological polar surface area (TPSA) is 92.3 Å². The molecule has 0 aromatic carbocycles. The van der Waals surface area contributed by atoms with Crippen molar-refractivity contribution in [1.29, 1.82) is 0 Å². The van der Waals surface area contributed by atoms with Crippen LogP contribution in [0, 0.1) is 5.92 Å². The number of hydrogen-bond donors (Lipinski definition) is 2. The first-order valence-corrected chi connectivity index (χ1v) is 4.02. The smallest absolute Gasteiger partial charge is 0.314 e. The van der Waals surface area contributed by atoms with Crippen LogP contribution in [0.3, 0.4) is 0 Å². The highest BCUT2D eigenvalue weighted by molar-refractivity contribution is 5.79. The lowest BCUT2D eigenvalue weighted by molar-refractivity contribution is -0.146. The molecular weight excluding hydrogens is 188 g/mol. The summed E-state index contributed by atoms with van der Waals surface area (Å²) in [5.41, 5.74) is 0. The maximum absolute atomic E-state index is 11.1. The summed E-state index contributed by atoms with van der Waals surface area (Å²) in [5.74, 6) is -2.39. The molecule has 0 radical (unpaired) electrons. The molecule has 0 saturated heterocycles. The van der Waals surface area contributed by atoms with Gasteiger partial charge in [0.05, 0.1) is 12.3 Å². The third-order valence-electron chi connectivity index (χ3n) is 1.58. The third kappa shape index (κ3) is 2.89. The van der Waals surface area contributed by atoms with Gasteiger partial charge in [0, 0.05) is 12.4 Å². The van der Waals surface area contributed by atoms with E-state index in [2.05, 4.69) is 9.97 Å². The summed E-state index contributed by atoms with van der Waals surface area (Å²) in [6, 6.07) is 0.0765. The Balaban J connectivity index is 2.40. The summed E-state index contributed by atoms with van der Waals surface area (Å²) in [5, 5.41) is 8.53. The average Bonchev–Trinajstić information content (AvgIpc) is 2.56. The van der Waals surface area contributed by atoms with Crippen molar-refractivity contribution in [3.8, 4) is 6.01 Å². The number of aliphatic carboxylic acids is 1. The van der Waals surface area contributed by atoms with Crippen LogP contribution < -0.4 is 4.74 Å². The molecule has 6 nitrogen and oxygen atoms in total. The predicted octanol–water partition coefficient (Wildman–Crippen LogP) is 0.426. The molecule has 1 atom stereocenters. The monoisotopic (exact) mass is 198 g/mol. The van der Waals surface area contributed by atoms with Gasteiger partial charge >= 0.3 is 17.9 Å². The van der Waals surface area contributed by atoms with Gasteiger partial charge < -0.3 is 14.8 Å². The zero-order chi connectivity index (χ0) is 10.6.